The molecule has 0 spiro atoms. The topological polar surface area (TPSA) is 66.8 Å². The minimum atomic E-state index is -4.68. The number of aromatic amines is 1. The van der Waals surface area contributed by atoms with Crippen LogP contribution in [0.4, 0.5) is 27.6 Å². The molecule has 1 aliphatic carbocycles. The van der Waals surface area contributed by atoms with E-state index in [-0.39, 0.29) is 23.1 Å². The second kappa shape index (κ2) is 7.12. The molecule has 1 saturated heterocycles. The lowest BCUT2D eigenvalue weighted by Crippen LogP contribution is -2.56. The van der Waals surface area contributed by atoms with Gasteiger partial charge in [-0.3, -0.25) is 4.79 Å². The number of carbonyl (C=O) groups is 1. The summed E-state index contributed by atoms with van der Waals surface area (Å²) in [5.41, 5.74) is 0.246. The van der Waals surface area contributed by atoms with Crippen LogP contribution in [0.3, 0.4) is 0 Å². The third-order valence-corrected chi connectivity index (χ3v) is 6.48. The molecule has 6 rings (SSSR count). The predicted molar refractivity (Wildman–Crippen MR) is 111 cm³/mol. The molecule has 34 heavy (non-hydrogen) atoms. The number of alkyl halides is 3. The summed E-state index contributed by atoms with van der Waals surface area (Å²) in [6.07, 6.45) is -0.0518. The van der Waals surface area contributed by atoms with Crippen LogP contribution >= 0.6 is 0 Å². The number of nitrogens with one attached hydrogen (secondary N) is 1. The van der Waals surface area contributed by atoms with Gasteiger partial charge in [0.2, 0.25) is 5.91 Å². The van der Waals surface area contributed by atoms with Crippen molar-refractivity contribution >= 4 is 22.6 Å². The van der Waals surface area contributed by atoms with Crippen LogP contribution in [0.5, 0.6) is 0 Å². The smallest absolute Gasteiger partial charge is 0.345 e. The number of nitrogens with zero attached hydrogens (tertiary/aromatic N) is 4. The van der Waals surface area contributed by atoms with Crippen LogP contribution in [-0.4, -0.2) is 25.4 Å². The maximum absolute atomic E-state index is 15.3. The lowest BCUT2D eigenvalue weighted by Gasteiger charge is -2.48. The van der Waals surface area contributed by atoms with Crippen LogP contribution in [-0.2, 0) is 11.0 Å². The number of carbonyl (C=O) groups excluding carboxylic acids is 1. The van der Waals surface area contributed by atoms with Gasteiger partial charge in [0.25, 0.3) is 0 Å². The summed E-state index contributed by atoms with van der Waals surface area (Å²) in [4.78, 5) is 24.8. The molecule has 1 unspecified atom stereocenters. The number of H-pyrrole nitrogens is 1. The third-order valence-electron chi connectivity index (χ3n) is 6.48. The maximum atomic E-state index is 15.3. The van der Waals surface area contributed by atoms with Crippen molar-refractivity contribution in [3.8, 4) is 5.69 Å². The van der Waals surface area contributed by atoms with Gasteiger partial charge in [-0.2, -0.15) is 13.2 Å². The van der Waals surface area contributed by atoms with Crippen LogP contribution in [0.25, 0.3) is 16.7 Å². The predicted octanol–water partition coefficient (Wildman–Crippen LogP) is 5.16. The molecule has 2 fully saturated rings. The fraction of sp³-hybridized carbons (Fsp3) is 0.261. The summed E-state index contributed by atoms with van der Waals surface area (Å²) in [6, 6.07) is 6.15. The van der Waals surface area contributed by atoms with E-state index in [9.17, 15) is 18.0 Å². The van der Waals surface area contributed by atoms with Gasteiger partial charge in [-0.15, -0.1) is 0 Å². The normalized spacial score (nSPS) is 20.7. The number of halogens is 5. The number of rotatable bonds is 4. The molecule has 4 aromatic rings. The zero-order chi connectivity index (χ0) is 23.8. The van der Waals surface area contributed by atoms with Crippen LogP contribution in [0.1, 0.15) is 30.1 Å². The van der Waals surface area contributed by atoms with E-state index in [1.807, 2.05) is 0 Å². The first-order chi connectivity index (χ1) is 16.2. The molecule has 11 heteroatoms. The molecule has 1 amide bonds. The first kappa shape index (κ1) is 20.8. The average molecular weight is 473 g/mol. The molecule has 1 aliphatic heterocycles. The number of anilines is 1. The highest BCUT2D eigenvalue weighted by atomic mass is 19.4. The first-order valence-electron chi connectivity index (χ1n) is 10.6. The van der Waals surface area contributed by atoms with Gasteiger partial charge in [0.1, 0.15) is 11.6 Å². The van der Waals surface area contributed by atoms with Crippen molar-refractivity contribution in [3.05, 3.63) is 72.1 Å². The fourth-order valence-corrected chi connectivity index (χ4v) is 4.71. The zero-order valence-electron chi connectivity index (χ0n) is 17.4. The van der Waals surface area contributed by atoms with Gasteiger partial charge in [0.15, 0.2) is 5.69 Å². The van der Waals surface area contributed by atoms with E-state index in [0.717, 1.165) is 41.4 Å². The Morgan fingerprint density at radius 2 is 1.74 bits per heavy atom. The van der Waals surface area contributed by atoms with Gasteiger partial charge in [-0.1, -0.05) is 0 Å². The van der Waals surface area contributed by atoms with E-state index < -0.39 is 35.5 Å². The standard InChI is InChI=1S/C23H16F5N5O/c24-14-5-13(32-8-18(31-10-32)23(26,27)28)6-15(25)20(14)21-19(11-1-2-11)22(34)33(21)12-3-4-16-17(7-12)30-9-29-16/h3-11,19,21H,1-2H2,(H,29,30)/t19?,21-/m1/s1. The molecule has 174 valence electrons. The summed E-state index contributed by atoms with van der Waals surface area (Å²) in [7, 11) is 0. The first-order valence-corrected chi connectivity index (χ1v) is 10.6. The summed E-state index contributed by atoms with van der Waals surface area (Å²) in [5.74, 6) is -2.61. The van der Waals surface area contributed by atoms with Crippen molar-refractivity contribution in [1.82, 2.24) is 19.5 Å². The van der Waals surface area contributed by atoms with E-state index in [4.69, 9.17) is 0 Å². The number of amides is 1. The number of benzene rings is 2. The van der Waals surface area contributed by atoms with Crippen LogP contribution in [0, 0.1) is 23.5 Å². The van der Waals surface area contributed by atoms with Crippen molar-refractivity contribution < 1.29 is 26.7 Å². The molecule has 1 N–H and O–H groups in total. The Balaban J connectivity index is 1.41. The van der Waals surface area contributed by atoms with Gasteiger partial charge in [-0.25, -0.2) is 18.7 Å². The largest absolute Gasteiger partial charge is 0.434 e. The Labute approximate surface area is 189 Å². The number of hydrogen-bond donors (Lipinski definition) is 1. The molecule has 3 heterocycles. The Bertz CT molecular complexity index is 1410. The maximum Gasteiger partial charge on any atom is 0.434 e. The van der Waals surface area contributed by atoms with Gasteiger partial charge in [-0.05, 0) is 49.1 Å². The van der Waals surface area contributed by atoms with E-state index >= 15 is 8.78 Å². The van der Waals surface area contributed by atoms with Gasteiger partial charge < -0.3 is 14.5 Å². The quantitative estimate of drug-likeness (QED) is 0.329. The van der Waals surface area contributed by atoms with Crippen molar-refractivity contribution in [2.75, 3.05) is 4.90 Å². The number of hydrogen-bond acceptors (Lipinski definition) is 3. The molecule has 0 bridgehead atoms. The molecule has 1 saturated carbocycles. The van der Waals surface area contributed by atoms with E-state index in [1.54, 1.807) is 18.2 Å². The van der Waals surface area contributed by atoms with E-state index in [0.29, 0.717) is 17.4 Å². The van der Waals surface area contributed by atoms with Crippen LogP contribution in [0.15, 0.2) is 49.2 Å². The Morgan fingerprint density at radius 1 is 1.00 bits per heavy atom. The highest BCUT2D eigenvalue weighted by Gasteiger charge is 2.56. The molecular weight excluding hydrogens is 457 g/mol. The molecule has 2 atom stereocenters. The van der Waals surface area contributed by atoms with Crippen LogP contribution < -0.4 is 4.90 Å². The van der Waals surface area contributed by atoms with Gasteiger partial charge in [0, 0.05) is 17.4 Å². The molecule has 2 aromatic heterocycles. The van der Waals surface area contributed by atoms with Crippen LogP contribution in [0.2, 0.25) is 0 Å². The minimum absolute atomic E-state index is 0.0457. The van der Waals surface area contributed by atoms with Crippen molar-refractivity contribution in [1.29, 1.82) is 0 Å². The minimum Gasteiger partial charge on any atom is -0.345 e. The number of fused-ring (bicyclic) bond motifs is 1. The summed E-state index contributed by atoms with van der Waals surface area (Å²) in [6.45, 7) is 0. The second-order valence-corrected chi connectivity index (χ2v) is 8.61. The summed E-state index contributed by atoms with van der Waals surface area (Å²) >= 11 is 0. The molecule has 2 aliphatic rings. The monoisotopic (exact) mass is 473 g/mol. The number of aromatic nitrogens is 4. The SMILES string of the molecule is O=C1C(C2CC2)[C@H](c2c(F)cc(-n3cnc(C(F)(F)F)c3)cc2F)N1c1ccc2[nH]cnc2c1. The van der Waals surface area contributed by atoms with Crippen molar-refractivity contribution in [2.45, 2.75) is 25.1 Å². The highest BCUT2D eigenvalue weighted by molar-refractivity contribution is 6.04. The Hall–Kier alpha value is -3.76. The van der Waals surface area contributed by atoms with Crippen molar-refractivity contribution in [2.24, 2.45) is 11.8 Å². The number of β-lactam (4-membered cyclic amide) rings is 1. The van der Waals surface area contributed by atoms with Crippen molar-refractivity contribution in [3.63, 3.8) is 0 Å². The second-order valence-electron chi connectivity index (χ2n) is 8.61. The third kappa shape index (κ3) is 3.17. The Morgan fingerprint density at radius 3 is 2.38 bits per heavy atom. The summed E-state index contributed by atoms with van der Waals surface area (Å²) < 4.78 is 70.2. The molecule has 2 aromatic carbocycles. The van der Waals surface area contributed by atoms with Gasteiger partial charge >= 0.3 is 6.18 Å². The molecule has 6 nitrogen and oxygen atoms in total. The molecule has 0 radical (unpaired) electrons. The number of imidazole rings is 2. The Kier molecular flexibility index (Phi) is 4.36. The van der Waals surface area contributed by atoms with E-state index in [2.05, 4.69) is 15.0 Å². The highest BCUT2D eigenvalue weighted by Crippen LogP contribution is 2.55. The lowest BCUT2D eigenvalue weighted by molar-refractivity contribution is -0.141. The fourth-order valence-electron chi connectivity index (χ4n) is 4.71. The molecular formula is C23H16F5N5O. The van der Waals surface area contributed by atoms with E-state index in [1.165, 1.54) is 11.2 Å². The summed E-state index contributed by atoms with van der Waals surface area (Å²) in [5, 5.41) is 0. The average Bonchev–Trinajstić information content (AvgIpc) is 3.26. The lowest BCUT2D eigenvalue weighted by atomic mass is 9.78. The van der Waals surface area contributed by atoms with Gasteiger partial charge in [0.05, 0.1) is 41.3 Å². The zero-order valence-corrected chi connectivity index (χ0v) is 17.4.